The fraction of sp³-hybridized carbons (Fsp3) is 0.227. The zero-order valence-corrected chi connectivity index (χ0v) is 13.9. The van der Waals surface area contributed by atoms with E-state index in [1.165, 1.54) is 34.3 Å². The highest BCUT2D eigenvalue weighted by atomic mass is 14.7. The first-order valence-electron chi connectivity index (χ1n) is 8.33. The van der Waals surface area contributed by atoms with Gasteiger partial charge in [-0.2, -0.15) is 0 Å². The number of aliphatic imine (C=N–C) groups is 1. The maximum atomic E-state index is 4.68. The van der Waals surface area contributed by atoms with Gasteiger partial charge in [-0.25, -0.2) is 0 Å². The Morgan fingerprint density at radius 1 is 0.913 bits per heavy atom. The number of nitrogens with zero attached hydrogens (tertiary/aromatic N) is 1. The summed E-state index contributed by atoms with van der Waals surface area (Å²) in [6.07, 6.45) is 7.77. The van der Waals surface area contributed by atoms with Gasteiger partial charge in [-0.1, -0.05) is 54.1 Å². The minimum Gasteiger partial charge on any atom is -0.257 e. The fourth-order valence-corrected chi connectivity index (χ4v) is 3.10. The van der Waals surface area contributed by atoms with Crippen molar-refractivity contribution in [1.29, 1.82) is 0 Å². The number of rotatable bonds is 3. The van der Waals surface area contributed by atoms with Crippen LogP contribution < -0.4 is 0 Å². The Labute approximate surface area is 139 Å². The molecule has 0 aliphatic heterocycles. The van der Waals surface area contributed by atoms with Gasteiger partial charge in [-0.3, -0.25) is 4.99 Å². The first-order chi connectivity index (χ1) is 11.3. The van der Waals surface area contributed by atoms with Crippen LogP contribution in [0.25, 0.3) is 5.57 Å². The van der Waals surface area contributed by atoms with Crippen molar-refractivity contribution in [1.82, 2.24) is 0 Å². The third-order valence-electron chi connectivity index (χ3n) is 4.35. The normalized spacial score (nSPS) is 17.2. The lowest BCUT2D eigenvalue weighted by Crippen LogP contribution is -2.04. The summed E-state index contributed by atoms with van der Waals surface area (Å²) < 4.78 is 0. The summed E-state index contributed by atoms with van der Waals surface area (Å²) in [6, 6.07) is 19.0. The molecule has 0 radical (unpaired) electrons. The number of benzene rings is 2. The van der Waals surface area contributed by atoms with Gasteiger partial charge in [0, 0.05) is 6.21 Å². The van der Waals surface area contributed by atoms with Crippen molar-refractivity contribution in [3.63, 3.8) is 0 Å². The van der Waals surface area contributed by atoms with Crippen LogP contribution in [0.5, 0.6) is 0 Å². The molecular formula is C22H23N. The number of allylic oxidation sites excluding steroid dienone is 4. The van der Waals surface area contributed by atoms with Crippen LogP contribution in [0.3, 0.4) is 0 Å². The van der Waals surface area contributed by atoms with Gasteiger partial charge in [0.1, 0.15) is 0 Å². The van der Waals surface area contributed by atoms with E-state index in [0.29, 0.717) is 0 Å². The Morgan fingerprint density at radius 2 is 1.65 bits per heavy atom. The molecule has 2 aromatic carbocycles. The number of hydrogen-bond donors (Lipinski definition) is 0. The minimum atomic E-state index is 1.01. The molecular weight excluding hydrogens is 278 g/mol. The molecule has 116 valence electrons. The molecule has 23 heavy (non-hydrogen) atoms. The van der Waals surface area contributed by atoms with Crippen LogP contribution in [-0.4, -0.2) is 6.21 Å². The molecule has 3 rings (SSSR count). The predicted octanol–water partition coefficient (Wildman–Crippen LogP) is 6.28. The van der Waals surface area contributed by atoms with Crippen LogP contribution >= 0.6 is 0 Å². The molecule has 0 saturated heterocycles. The highest BCUT2D eigenvalue weighted by molar-refractivity contribution is 5.98. The van der Waals surface area contributed by atoms with Gasteiger partial charge >= 0.3 is 0 Å². The topological polar surface area (TPSA) is 12.4 Å². The molecule has 0 heterocycles. The molecule has 0 N–H and O–H groups in total. The monoisotopic (exact) mass is 301 g/mol. The van der Waals surface area contributed by atoms with Crippen molar-refractivity contribution in [3.05, 3.63) is 82.9 Å². The van der Waals surface area contributed by atoms with Gasteiger partial charge in [-0.15, -0.1) is 0 Å². The van der Waals surface area contributed by atoms with E-state index >= 15 is 0 Å². The van der Waals surface area contributed by atoms with Crippen LogP contribution in [0, 0.1) is 6.92 Å². The van der Waals surface area contributed by atoms with E-state index in [4.69, 9.17) is 0 Å². The lowest BCUT2D eigenvalue weighted by atomic mass is 9.83. The van der Waals surface area contributed by atoms with Crippen LogP contribution in [0.4, 0.5) is 5.69 Å². The molecule has 1 aliphatic carbocycles. The van der Waals surface area contributed by atoms with Crippen molar-refractivity contribution in [3.8, 4) is 0 Å². The quantitative estimate of drug-likeness (QED) is 0.591. The van der Waals surface area contributed by atoms with Crippen LogP contribution in [-0.2, 0) is 0 Å². The molecule has 0 amide bonds. The number of para-hydroxylation sites is 1. The molecule has 1 aliphatic rings. The second kappa shape index (κ2) is 7.23. The Bertz CT molecular complexity index is 746. The average Bonchev–Trinajstić information content (AvgIpc) is 2.61. The molecule has 0 unspecified atom stereocenters. The Balaban J connectivity index is 2.04. The Morgan fingerprint density at radius 3 is 2.35 bits per heavy atom. The second-order valence-electron chi connectivity index (χ2n) is 6.03. The smallest absolute Gasteiger partial charge is 0.0629 e. The van der Waals surface area contributed by atoms with Crippen molar-refractivity contribution in [2.24, 2.45) is 4.99 Å². The van der Waals surface area contributed by atoms with Crippen LogP contribution in [0.2, 0.25) is 0 Å². The molecule has 0 bridgehead atoms. The molecule has 1 nitrogen and oxygen atoms in total. The van der Waals surface area contributed by atoms with Crippen molar-refractivity contribution < 1.29 is 0 Å². The number of hydrogen-bond acceptors (Lipinski definition) is 1. The summed E-state index contributed by atoms with van der Waals surface area (Å²) in [6.45, 7) is 4.27. The summed E-state index contributed by atoms with van der Waals surface area (Å²) in [4.78, 5) is 4.68. The largest absolute Gasteiger partial charge is 0.257 e. The summed E-state index contributed by atoms with van der Waals surface area (Å²) >= 11 is 0. The van der Waals surface area contributed by atoms with Gasteiger partial charge in [0.2, 0.25) is 0 Å². The third kappa shape index (κ3) is 3.68. The summed E-state index contributed by atoms with van der Waals surface area (Å²) in [5, 5.41) is 0. The van der Waals surface area contributed by atoms with E-state index in [2.05, 4.69) is 55.4 Å². The maximum absolute atomic E-state index is 4.68. The minimum absolute atomic E-state index is 1.01. The standard InChI is InChI=1S/C22H23N/c1-3-18-8-7-9-20(16-23-21-10-5-4-6-11-21)22(18)19-14-12-17(2)13-15-19/h3-6,10-16H,7-9H2,1-2H3. The average molecular weight is 301 g/mol. The second-order valence-corrected chi connectivity index (χ2v) is 6.03. The number of aryl methyl sites for hydroxylation is 1. The highest BCUT2D eigenvalue weighted by Gasteiger charge is 2.17. The molecule has 0 saturated carbocycles. The van der Waals surface area contributed by atoms with E-state index in [0.717, 1.165) is 18.5 Å². The van der Waals surface area contributed by atoms with E-state index in [-0.39, 0.29) is 0 Å². The Kier molecular flexibility index (Phi) is 4.87. The zero-order chi connectivity index (χ0) is 16.1. The van der Waals surface area contributed by atoms with Crippen molar-refractivity contribution >= 4 is 17.5 Å². The van der Waals surface area contributed by atoms with Gasteiger partial charge in [0.15, 0.2) is 0 Å². The molecule has 0 fully saturated rings. The van der Waals surface area contributed by atoms with Crippen molar-refractivity contribution in [2.75, 3.05) is 0 Å². The summed E-state index contributed by atoms with van der Waals surface area (Å²) in [7, 11) is 0. The SMILES string of the molecule is CC=C1CCCC(C=Nc2ccccc2)=C1c1ccc(C)cc1. The first-order valence-corrected chi connectivity index (χ1v) is 8.33. The summed E-state index contributed by atoms with van der Waals surface area (Å²) in [5.41, 5.74) is 7.77. The molecule has 2 aromatic rings. The van der Waals surface area contributed by atoms with Crippen LogP contribution in [0.1, 0.15) is 37.3 Å². The molecule has 0 spiro atoms. The summed E-state index contributed by atoms with van der Waals surface area (Å²) in [5.74, 6) is 0. The van der Waals surface area contributed by atoms with E-state index < -0.39 is 0 Å². The van der Waals surface area contributed by atoms with E-state index in [1.807, 2.05) is 30.3 Å². The molecule has 0 aromatic heterocycles. The van der Waals surface area contributed by atoms with Gasteiger partial charge in [0.05, 0.1) is 5.69 Å². The van der Waals surface area contributed by atoms with E-state index in [1.54, 1.807) is 0 Å². The maximum Gasteiger partial charge on any atom is 0.0629 e. The highest BCUT2D eigenvalue weighted by Crippen LogP contribution is 2.36. The fourth-order valence-electron chi connectivity index (χ4n) is 3.10. The molecule has 1 heteroatoms. The van der Waals surface area contributed by atoms with Gasteiger partial charge < -0.3 is 0 Å². The van der Waals surface area contributed by atoms with Crippen LogP contribution in [0.15, 0.2) is 76.8 Å². The lowest BCUT2D eigenvalue weighted by Gasteiger charge is -2.22. The lowest BCUT2D eigenvalue weighted by molar-refractivity contribution is 0.813. The molecule has 0 atom stereocenters. The first kappa shape index (κ1) is 15.5. The van der Waals surface area contributed by atoms with Crippen molar-refractivity contribution in [2.45, 2.75) is 33.1 Å². The third-order valence-corrected chi connectivity index (χ3v) is 4.35. The zero-order valence-electron chi connectivity index (χ0n) is 13.9. The predicted molar refractivity (Wildman–Crippen MR) is 100 cm³/mol. The van der Waals surface area contributed by atoms with E-state index in [9.17, 15) is 0 Å². The van der Waals surface area contributed by atoms with Gasteiger partial charge in [0.25, 0.3) is 0 Å². The Hall–Kier alpha value is -2.41. The van der Waals surface area contributed by atoms with Gasteiger partial charge in [-0.05, 0) is 67.5 Å².